The molecular weight excluding hydrogens is 366 g/mol. The molecule has 1 N–H and O–H groups in total. The number of nitrogens with zero attached hydrogens (tertiary/aromatic N) is 2. The third-order valence-electron chi connectivity index (χ3n) is 4.98. The van der Waals surface area contributed by atoms with Crippen molar-refractivity contribution in [3.8, 4) is 17.2 Å². The SMILES string of the molecule is COc1ccc(/C=C/C(=O)Nc2c3c(nn2-c2ccccc2)CCC3)cc1OC. The van der Waals surface area contributed by atoms with Crippen LogP contribution < -0.4 is 14.8 Å². The molecule has 0 aliphatic heterocycles. The second-order valence-corrected chi connectivity index (χ2v) is 6.81. The van der Waals surface area contributed by atoms with Crippen LogP contribution in [-0.2, 0) is 17.6 Å². The van der Waals surface area contributed by atoms with E-state index in [4.69, 9.17) is 14.6 Å². The fourth-order valence-corrected chi connectivity index (χ4v) is 3.56. The van der Waals surface area contributed by atoms with Crippen molar-refractivity contribution in [2.75, 3.05) is 19.5 Å². The normalized spacial score (nSPS) is 12.8. The molecule has 1 aliphatic rings. The van der Waals surface area contributed by atoms with Gasteiger partial charge in [-0.2, -0.15) is 5.10 Å². The van der Waals surface area contributed by atoms with E-state index in [9.17, 15) is 4.79 Å². The zero-order valence-electron chi connectivity index (χ0n) is 16.5. The number of hydrogen-bond donors (Lipinski definition) is 1. The molecule has 0 fully saturated rings. The average molecular weight is 389 g/mol. The molecule has 4 rings (SSSR count). The van der Waals surface area contributed by atoms with Crippen LogP contribution in [0.3, 0.4) is 0 Å². The van der Waals surface area contributed by atoms with E-state index in [1.807, 2.05) is 53.2 Å². The third kappa shape index (κ3) is 3.87. The zero-order valence-corrected chi connectivity index (χ0v) is 16.5. The number of fused-ring (bicyclic) bond motifs is 1. The Morgan fingerprint density at radius 3 is 2.62 bits per heavy atom. The average Bonchev–Trinajstić information content (AvgIpc) is 3.35. The van der Waals surface area contributed by atoms with Crippen LogP contribution in [0.15, 0.2) is 54.6 Å². The first-order valence-corrected chi connectivity index (χ1v) is 9.57. The number of benzene rings is 2. The first-order chi connectivity index (χ1) is 14.2. The maximum Gasteiger partial charge on any atom is 0.249 e. The molecule has 0 saturated carbocycles. The number of amides is 1. The van der Waals surface area contributed by atoms with Gasteiger partial charge >= 0.3 is 0 Å². The molecule has 0 radical (unpaired) electrons. The summed E-state index contributed by atoms with van der Waals surface area (Å²) in [4.78, 5) is 12.6. The first-order valence-electron chi connectivity index (χ1n) is 9.57. The topological polar surface area (TPSA) is 65.4 Å². The molecule has 1 heterocycles. The van der Waals surface area contributed by atoms with Gasteiger partial charge in [0, 0.05) is 11.6 Å². The van der Waals surface area contributed by atoms with E-state index in [0.717, 1.165) is 47.6 Å². The molecule has 2 aromatic carbocycles. The summed E-state index contributed by atoms with van der Waals surface area (Å²) in [5.74, 6) is 1.82. The minimum atomic E-state index is -0.202. The molecule has 0 bridgehead atoms. The van der Waals surface area contributed by atoms with Crippen molar-refractivity contribution < 1.29 is 14.3 Å². The maximum atomic E-state index is 12.6. The second kappa shape index (κ2) is 8.22. The predicted molar refractivity (Wildman–Crippen MR) is 113 cm³/mol. The molecule has 3 aromatic rings. The van der Waals surface area contributed by atoms with E-state index in [1.165, 1.54) is 6.08 Å². The summed E-state index contributed by atoms with van der Waals surface area (Å²) in [7, 11) is 3.18. The number of ether oxygens (including phenoxy) is 2. The van der Waals surface area contributed by atoms with Crippen LogP contribution in [0.4, 0.5) is 5.82 Å². The lowest BCUT2D eigenvalue weighted by Gasteiger charge is -2.10. The lowest BCUT2D eigenvalue weighted by molar-refractivity contribution is -0.111. The number of methoxy groups -OCH3 is 2. The number of rotatable bonds is 6. The first kappa shape index (κ1) is 18.8. The van der Waals surface area contributed by atoms with Gasteiger partial charge in [0.05, 0.1) is 25.6 Å². The highest BCUT2D eigenvalue weighted by molar-refractivity contribution is 6.02. The minimum Gasteiger partial charge on any atom is -0.493 e. The monoisotopic (exact) mass is 389 g/mol. The Morgan fingerprint density at radius 2 is 1.86 bits per heavy atom. The lowest BCUT2D eigenvalue weighted by atomic mass is 10.2. The van der Waals surface area contributed by atoms with Crippen molar-refractivity contribution in [3.05, 3.63) is 71.4 Å². The van der Waals surface area contributed by atoms with Crippen molar-refractivity contribution in [2.45, 2.75) is 19.3 Å². The van der Waals surface area contributed by atoms with Crippen LogP contribution in [0, 0.1) is 0 Å². The summed E-state index contributed by atoms with van der Waals surface area (Å²) in [5.41, 5.74) is 3.97. The van der Waals surface area contributed by atoms with Gasteiger partial charge in [-0.15, -0.1) is 0 Å². The van der Waals surface area contributed by atoms with Crippen molar-refractivity contribution in [1.29, 1.82) is 0 Å². The molecule has 0 unspecified atom stereocenters. The largest absolute Gasteiger partial charge is 0.493 e. The van der Waals surface area contributed by atoms with Crippen LogP contribution in [0.1, 0.15) is 23.2 Å². The van der Waals surface area contributed by atoms with E-state index < -0.39 is 0 Å². The number of aryl methyl sites for hydroxylation is 1. The molecule has 1 amide bonds. The van der Waals surface area contributed by atoms with Gasteiger partial charge in [-0.05, 0) is 55.2 Å². The number of hydrogen-bond acceptors (Lipinski definition) is 4. The highest BCUT2D eigenvalue weighted by Gasteiger charge is 2.23. The van der Waals surface area contributed by atoms with E-state index in [2.05, 4.69) is 5.32 Å². The molecule has 0 saturated heterocycles. The summed E-state index contributed by atoms with van der Waals surface area (Å²) in [6.45, 7) is 0. The quantitative estimate of drug-likeness (QED) is 0.647. The van der Waals surface area contributed by atoms with Crippen LogP contribution >= 0.6 is 0 Å². The Kier molecular flexibility index (Phi) is 5.33. The van der Waals surface area contributed by atoms with Crippen LogP contribution in [0.25, 0.3) is 11.8 Å². The summed E-state index contributed by atoms with van der Waals surface area (Å²) < 4.78 is 12.4. The summed E-state index contributed by atoms with van der Waals surface area (Å²) in [6.07, 6.45) is 6.21. The summed E-state index contributed by atoms with van der Waals surface area (Å²) >= 11 is 0. The molecule has 1 aliphatic carbocycles. The van der Waals surface area contributed by atoms with Crippen molar-refractivity contribution in [2.24, 2.45) is 0 Å². The van der Waals surface area contributed by atoms with Crippen molar-refractivity contribution in [1.82, 2.24) is 9.78 Å². The van der Waals surface area contributed by atoms with E-state index in [1.54, 1.807) is 20.3 Å². The smallest absolute Gasteiger partial charge is 0.249 e. The van der Waals surface area contributed by atoms with E-state index >= 15 is 0 Å². The zero-order chi connectivity index (χ0) is 20.2. The van der Waals surface area contributed by atoms with Gasteiger partial charge in [-0.3, -0.25) is 4.79 Å². The molecular formula is C23H23N3O3. The minimum absolute atomic E-state index is 0.202. The van der Waals surface area contributed by atoms with Crippen molar-refractivity contribution in [3.63, 3.8) is 0 Å². The predicted octanol–water partition coefficient (Wildman–Crippen LogP) is 4.03. The number of carbonyl (C=O) groups is 1. The van der Waals surface area contributed by atoms with Gasteiger partial charge in [-0.25, -0.2) is 4.68 Å². The number of aromatic nitrogens is 2. The van der Waals surface area contributed by atoms with Crippen LogP contribution in [0.2, 0.25) is 0 Å². The Balaban J connectivity index is 1.57. The lowest BCUT2D eigenvalue weighted by Crippen LogP contribution is -2.13. The molecule has 6 nitrogen and oxygen atoms in total. The van der Waals surface area contributed by atoms with Gasteiger partial charge in [0.25, 0.3) is 0 Å². The summed E-state index contributed by atoms with van der Waals surface area (Å²) in [5, 5.41) is 7.75. The molecule has 6 heteroatoms. The van der Waals surface area contributed by atoms with Crippen LogP contribution in [0.5, 0.6) is 11.5 Å². The molecule has 29 heavy (non-hydrogen) atoms. The van der Waals surface area contributed by atoms with Gasteiger partial charge < -0.3 is 14.8 Å². The van der Waals surface area contributed by atoms with Crippen LogP contribution in [-0.4, -0.2) is 29.9 Å². The fourth-order valence-electron chi connectivity index (χ4n) is 3.56. The molecule has 0 spiro atoms. The Bertz CT molecular complexity index is 1050. The third-order valence-corrected chi connectivity index (χ3v) is 4.98. The highest BCUT2D eigenvalue weighted by Crippen LogP contribution is 2.31. The van der Waals surface area contributed by atoms with Gasteiger partial charge in [0.1, 0.15) is 5.82 Å². The number of nitrogens with one attached hydrogen (secondary N) is 1. The van der Waals surface area contributed by atoms with Crippen molar-refractivity contribution >= 4 is 17.8 Å². The highest BCUT2D eigenvalue weighted by atomic mass is 16.5. The number of carbonyl (C=O) groups excluding carboxylic acids is 1. The molecule has 148 valence electrons. The molecule has 0 atom stereocenters. The van der Waals surface area contributed by atoms with Gasteiger partial charge in [0.2, 0.25) is 5.91 Å². The van der Waals surface area contributed by atoms with Gasteiger partial charge in [0.15, 0.2) is 11.5 Å². The second-order valence-electron chi connectivity index (χ2n) is 6.81. The number of para-hydroxylation sites is 1. The maximum absolute atomic E-state index is 12.6. The van der Waals surface area contributed by atoms with E-state index in [-0.39, 0.29) is 5.91 Å². The molecule has 1 aromatic heterocycles. The van der Waals surface area contributed by atoms with E-state index in [0.29, 0.717) is 11.5 Å². The summed E-state index contributed by atoms with van der Waals surface area (Å²) in [6, 6.07) is 15.4. The van der Waals surface area contributed by atoms with Gasteiger partial charge in [-0.1, -0.05) is 24.3 Å². The fraction of sp³-hybridized carbons (Fsp3) is 0.217. The Labute approximate surface area is 169 Å². The Morgan fingerprint density at radius 1 is 1.07 bits per heavy atom. The number of anilines is 1. The Hall–Kier alpha value is -3.54. The standard InChI is InChI=1S/C23H23N3O3/c1-28-20-13-11-16(15-21(20)29-2)12-14-22(27)24-23-18-9-6-10-19(18)25-26(23)17-7-4-3-5-8-17/h3-5,7-8,11-15H,6,9-10H2,1-2H3,(H,24,27)/b14-12+.